The van der Waals surface area contributed by atoms with Gasteiger partial charge < -0.3 is 5.32 Å². The van der Waals surface area contributed by atoms with Gasteiger partial charge in [0, 0.05) is 20.8 Å². The Bertz CT molecular complexity index is 350. The Kier molecular flexibility index (Phi) is 5.07. The van der Waals surface area contributed by atoms with Crippen LogP contribution in [0.3, 0.4) is 0 Å². The zero-order valence-electron chi connectivity index (χ0n) is 10.7. The lowest BCUT2D eigenvalue weighted by Gasteiger charge is -2.21. The Labute approximate surface area is 117 Å². The van der Waals surface area contributed by atoms with E-state index in [0.717, 1.165) is 17.9 Å². The fourth-order valence-corrected chi connectivity index (χ4v) is 4.42. The maximum atomic E-state index is 3.70. The first-order chi connectivity index (χ1) is 8.20. The van der Waals surface area contributed by atoms with Gasteiger partial charge in [0.25, 0.3) is 0 Å². The molecule has 1 aliphatic rings. The summed E-state index contributed by atoms with van der Waals surface area (Å²) < 4.78 is 1.24. The van der Waals surface area contributed by atoms with E-state index in [1.807, 2.05) is 11.3 Å². The van der Waals surface area contributed by atoms with Crippen molar-refractivity contribution in [1.82, 2.24) is 5.32 Å². The number of rotatable bonds is 5. The van der Waals surface area contributed by atoms with Crippen LogP contribution in [0.15, 0.2) is 15.9 Å². The van der Waals surface area contributed by atoms with Crippen LogP contribution in [0.5, 0.6) is 0 Å². The van der Waals surface area contributed by atoms with Crippen molar-refractivity contribution >= 4 is 27.3 Å². The molecule has 0 radical (unpaired) electrons. The van der Waals surface area contributed by atoms with Crippen molar-refractivity contribution < 1.29 is 0 Å². The molecule has 1 saturated carbocycles. The Hall–Kier alpha value is 0.140. The van der Waals surface area contributed by atoms with Gasteiger partial charge in [-0.05, 0) is 66.1 Å². The van der Waals surface area contributed by atoms with Gasteiger partial charge in [0.2, 0.25) is 0 Å². The smallest absolute Gasteiger partial charge is 0.0285 e. The topological polar surface area (TPSA) is 12.0 Å². The normalized spacial score (nSPS) is 28.8. The van der Waals surface area contributed by atoms with Gasteiger partial charge in [-0.2, -0.15) is 0 Å². The average Bonchev–Trinajstić information content (AvgIpc) is 2.86. The van der Waals surface area contributed by atoms with Gasteiger partial charge >= 0.3 is 0 Å². The first-order valence-corrected chi connectivity index (χ1v) is 8.34. The van der Waals surface area contributed by atoms with E-state index in [2.05, 4.69) is 46.5 Å². The highest BCUT2D eigenvalue weighted by atomic mass is 79.9. The van der Waals surface area contributed by atoms with E-state index >= 15 is 0 Å². The molecule has 0 aliphatic heterocycles. The number of hydrogen-bond acceptors (Lipinski definition) is 2. The second-order valence-corrected chi connectivity index (χ2v) is 7.10. The van der Waals surface area contributed by atoms with Crippen molar-refractivity contribution in [3.63, 3.8) is 0 Å². The summed E-state index contributed by atoms with van der Waals surface area (Å²) in [6, 6.07) is 3.04. The molecule has 0 amide bonds. The minimum absolute atomic E-state index is 0.753. The van der Waals surface area contributed by atoms with Crippen molar-refractivity contribution in [1.29, 1.82) is 0 Å². The maximum Gasteiger partial charge on any atom is 0.0285 e. The summed E-state index contributed by atoms with van der Waals surface area (Å²) >= 11 is 5.43. The largest absolute Gasteiger partial charge is 0.314 e. The number of nitrogens with one attached hydrogen (secondary N) is 1. The lowest BCUT2D eigenvalue weighted by Crippen LogP contribution is -2.33. The van der Waals surface area contributed by atoms with Gasteiger partial charge in [-0.1, -0.05) is 13.8 Å². The summed E-state index contributed by atoms with van der Waals surface area (Å²) in [5.74, 6) is 1.69. The van der Waals surface area contributed by atoms with Crippen molar-refractivity contribution in [3.8, 4) is 0 Å². The Morgan fingerprint density at radius 1 is 1.47 bits per heavy atom. The van der Waals surface area contributed by atoms with Crippen LogP contribution >= 0.6 is 27.3 Å². The Morgan fingerprint density at radius 3 is 2.94 bits per heavy atom. The molecular weight excluding hydrogens is 294 g/mol. The highest BCUT2D eigenvalue weighted by Gasteiger charge is 2.32. The zero-order valence-corrected chi connectivity index (χ0v) is 13.1. The molecule has 3 heteroatoms. The zero-order chi connectivity index (χ0) is 12.3. The van der Waals surface area contributed by atoms with E-state index in [0.29, 0.717) is 0 Å². The molecule has 1 heterocycles. The highest BCUT2D eigenvalue weighted by molar-refractivity contribution is 9.10. The molecule has 1 fully saturated rings. The summed E-state index contributed by atoms with van der Waals surface area (Å²) in [7, 11) is 0. The second-order valence-electron chi connectivity index (χ2n) is 5.19. The summed E-state index contributed by atoms with van der Waals surface area (Å²) in [5.41, 5.74) is 0. The molecule has 2 rings (SSSR count). The van der Waals surface area contributed by atoms with Gasteiger partial charge in [-0.15, -0.1) is 11.3 Å². The first-order valence-electron chi connectivity index (χ1n) is 6.67. The third kappa shape index (κ3) is 3.55. The van der Waals surface area contributed by atoms with Crippen molar-refractivity contribution in [2.24, 2.45) is 11.8 Å². The molecule has 0 aromatic carbocycles. The van der Waals surface area contributed by atoms with Crippen molar-refractivity contribution in [3.05, 3.63) is 20.8 Å². The van der Waals surface area contributed by atoms with E-state index in [9.17, 15) is 0 Å². The molecule has 0 bridgehead atoms. The van der Waals surface area contributed by atoms with Crippen LogP contribution in [0, 0.1) is 11.8 Å². The molecule has 1 N–H and O–H groups in total. The lowest BCUT2D eigenvalue weighted by molar-refractivity contribution is 0.352. The number of hydrogen-bond donors (Lipinski definition) is 1. The molecule has 1 nitrogen and oxygen atoms in total. The molecular formula is C14H22BrNS. The van der Waals surface area contributed by atoms with Crippen molar-refractivity contribution in [2.75, 3.05) is 6.54 Å². The minimum atomic E-state index is 0.753. The third-order valence-electron chi connectivity index (χ3n) is 3.97. The Balaban J connectivity index is 1.86. The molecule has 3 atom stereocenters. The van der Waals surface area contributed by atoms with Crippen LogP contribution in [-0.4, -0.2) is 12.6 Å². The van der Waals surface area contributed by atoms with E-state index in [1.54, 1.807) is 0 Å². The number of halogens is 1. The molecule has 1 aromatic rings. The van der Waals surface area contributed by atoms with E-state index < -0.39 is 0 Å². The fourth-order valence-electron chi connectivity index (χ4n) is 2.87. The van der Waals surface area contributed by atoms with Gasteiger partial charge in [0.15, 0.2) is 0 Å². The monoisotopic (exact) mass is 315 g/mol. The van der Waals surface area contributed by atoms with Gasteiger partial charge in [0.1, 0.15) is 0 Å². The highest BCUT2D eigenvalue weighted by Crippen LogP contribution is 2.35. The van der Waals surface area contributed by atoms with E-state index in [-0.39, 0.29) is 0 Å². The van der Waals surface area contributed by atoms with Crippen LogP contribution in [0.4, 0.5) is 0 Å². The van der Waals surface area contributed by atoms with E-state index in [1.165, 1.54) is 41.6 Å². The summed E-state index contributed by atoms with van der Waals surface area (Å²) in [5, 5.41) is 5.89. The van der Waals surface area contributed by atoms with Gasteiger partial charge in [-0.25, -0.2) is 0 Å². The molecule has 1 aliphatic carbocycles. The quantitative estimate of drug-likeness (QED) is 0.845. The lowest BCUT2D eigenvalue weighted by atomic mass is 9.92. The average molecular weight is 316 g/mol. The predicted molar refractivity (Wildman–Crippen MR) is 79.7 cm³/mol. The van der Waals surface area contributed by atoms with Gasteiger partial charge in [0.05, 0.1) is 0 Å². The second kappa shape index (κ2) is 6.35. The Morgan fingerprint density at radius 2 is 2.29 bits per heavy atom. The van der Waals surface area contributed by atoms with Gasteiger partial charge in [-0.3, -0.25) is 0 Å². The first kappa shape index (κ1) is 13.6. The summed E-state index contributed by atoms with van der Waals surface area (Å²) in [4.78, 5) is 1.53. The molecule has 1 aromatic heterocycles. The van der Waals surface area contributed by atoms with Crippen LogP contribution in [0.1, 0.15) is 38.0 Å². The van der Waals surface area contributed by atoms with E-state index in [4.69, 9.17) is 0 Å². The summed E-state index contributed by atoms with van der Waals surface area (Å²) in [6.45, 7) is 5.84. The maximum absolute atomic E-state index is 3.70. The van der Waals surface area contributed by atoms with Crippen LogP contribution in [0.2, 0.25) is 0 Å². The molecule has 96 valence electrons. The molecule has 0 spiro atoms. The minimum Gasteiger partial charge on any atom is -0.314 e. The molecule has 17 heavy (non-hydrogen) atoms. The third-order valence-corrected chi connectivity index (χ3v) is 5.69. The summed E-state index contributed by atoms with van der Waals surface area (Å²) in [6.07, 6.45) is 5.25. The SMILES string of the molecule is CCCNC1CCC(Cc2cc(Br)cs2)C1C. The molecule has 3 unspecified atom stereocenters. The molecule has 0 saturated heterocycles. The van der Waals surface area contributed by atoms with Crippen LogP contribution < -0.4 is 5.32 Å². The van der Waals surface area contributed by atoms with Crippen LogP contribution in [0.25, 0.3) is 0 Å². The van der Waals surface area contributed by atoms with Crippen LogP contribution in [-0.2, 0) is 6.42 Å². The number of thiophene rings is 1. The standard InChI is InChI=1S/C14H22BrNS/c1-3-6-16-14-5-4-11(10(14)2)7-13-8-12(15)9-17-13/h8-11,14,16H,3-7H2,1-2H3. The fraction of sp³-hybridized carbons (Fsp3) is 0.714. The van der Waals surface area contributed by atoms with Crippen molar-refractivity contribution in [2.45, 2.75) is 45.6 Å². The predicted octanol–water partition coefficient (Wildman–Crippen LogP) is 4.47.